The molecule has 0 radical (unpaired) electrons. The van der Waals surface area contributed by atoms with Crippen molar-refractivity contribution in [3.05, 3.63) is 96.6 Å². The third kappa shape index (κ3) is 3.53. The number of thiophene rings is 1. The van der Waals surface area contributed by atoms with Crippen molar-refractivity contribution in [2.24, 2.45) is 0 Å². The van der Waals surface area contributed by atoms with E-state index >= 15 is 0 Å². The van der Waals surface area contributed by atoms with Gasteiger partial charge in [-0.2, -0.15) is 0 Å². The number of hydrogen-bond acceptors (Lipinski definition) is 2. The van der Waals surface area contributed by atoms with Gasteiger partial charge < -0.3 is 4.42 Å². The van der Waals surface area contributed by atoms with Crippen LogP contribution >= 0.6 is 11.3 Å². The van der Waals surface area contributed by atoms with Gasteiger partial charge in [0.15, 0.2) is 0 Å². The van der Waals surface area contributed by atoms with Crippen molar-refractivity contribution in [1.29, 1.82) is 0 Å². The smallest absolute Gasteiger partial charge is 0.591 e. The van der Waals surface area contributed by atoms with E-state index < -0.39 is 0 Å². The van der Waals surface area contributed by atoms with E-state index in [-0.39, 0.29) is 18.9 Å². The summed E-state index contributed by atoms with van der Waals surface area (Å²) in [6, 6.07) is 29.4. The molecule has 0 aliphatic carbocycles. The summed E-state index contributed by atoms with van der Waals surface area (Å²) < 4.78 is 6.57. The van der Waals surface area contributed by atoms with Crippen molar-refractivity contribution in [3.8, 4) is 0 Å². The average Bonchev–Trinajstić information content (AvgIpc) is 3.33. The summed E-state index contributed by atoms with van der Waals surface area (Å²) in [5.74, 6) is 0. The standard InChI is InChI=1S/C12H7O.C12H8S.Li/c2*1-2-4-10-8-12-11(5-6-13-12)7-9(10)3-1;/h1-5,7-8H;1-8H;/q-1;;+1. The fourth-order valence-electron chi connectivity index (χ4n) is 3.24. The minimum atomic E-state index is 0. The molecule has 0 N–H and O–H groups in total. The van der Waals surface area contributed by atoms with E-state index in [1.54, 1.807) is 11.3 Å². The van der Waals surface area contributed by atoms with Crippen LogP contribution in [0.4, 0.5) is 0 Å². The first-order valence-electron chi connectivity index (χ1n) is 8.51. The summed E-state index contributed by atoms with van der Waals surface area (Å²) in [6.45, 7) is 0. The predicted molar refractivity (Wildman–Crippen MR) is 112 cm³/mol. The van der Waals surface area contributed by atoms with Crippen molar-refractivity contribution >= 4 is 53.9 Å². The molecule has 0 atom stereocenters. The molecule has 0 aliphatic rings. The van der Waals surface area contributed by atoms with Crippen LogP contribution in [0.25, 0.3) is 42.6 Å². The normalized spacial score (nSPS) is 10.7. The van der Waals surface area contributed by atoms with Gasteiger partial charge in [-0.1, -0.05) is 54.6 Å². The van der Waals surface area contributed by atoms with Crippen LogP contribution in [-0.2, 0) is 0 Å². The van der Waals surface area contributed by atoms with Gasteiger partial charge in [-0.25, -0.2) is 0 Å². The molecule has 0 amide bonds. The van der Waals surface area contributed by atoms with Crippen LogP contribution in [0, 0.1) is 6.26 Å². The molecule has 0 saturated heterocycles. The van der Waals surface area contributed by atoms with Crippen LogP contribution in [0.3, 0.4) is 0 Å². The summed E-state index contributed by atoms with van der Waals surface area (Å²) in [5, 5.41) is 9.71. The monoisotopic (exact) mass is 358 g/mol. The van der Waals surface area contributed by atoms with Crippen LogP contribution in [0.5, 0.6) is 0 Å². The number of furan rings is 1. The van der Waals surface area contributed by atoms with Gasteiger partial charge >= 0.3 is 18.9 Å². The third-order valence-corrected chi connectivity index (χ3v) is 5.46. The fourth-order valence-corrected chi connectivity index (χ4v) is 4.06. The topological polar surface area (TPSA) is 13.1 Å². The van der Waals surface area contributed by atoms with Crippen LogP contribution in [-0.4, -0.2) is 0 Å². The van der Waals surface area contributed by atoms with E-state index in [2.05, 4.69) is 72.3 Å². The summed E-state index contributed by atoms with van der Waals surface area (Å²) in [7, 11) is 0. The SMILES string of the molecule is [Li+].[c-]1cc2cc3ccccc3cc2o1.c1ccc2cc3sccc3cc2c1. The van der Waals surface area contributed by atoms with Crippen molar-refractivity contribution < 1.29 is 23.3 Å². The molecule has 0 bridgehead atoms. The first-order chi connectivity index (χ1) is 12.9. The van der Waals surface area contributed by atoms with Crippen LogP contribution in [0.15, 0.2) is 94.7 Å². The molecule has 124 valence electrons. The van der Waals surface area contributed by atoms with Crippen LogP contribution in [0.2, 0.25) is 0 Å². The van der Waals surface area contributed by atoms with Crippen molar-refractivity contribution in [2.45, 2.75) is 0 Å². The molecule has 0 unspecified atom stereocenters. The van der Waals surface area contributed by atoms with E-state index in [1.807, 2.05) is 24.3 Å². The molecule has 6 aromatic rings. The van der Waals surface area contributed by atoms with Crippen molar-refractivity contribution in [3.63, 3.8) is 0 Å². The average molecular weight is 358 g/mol. The zero-order chi connectivity index (χ0) is 17.3. The van der Waals surface area contributed by atoms with Gasteiger partial charge in [0.25, 0.3) is 0 Å². The first-order valence-corrected chi connectivity index (χ1v) is 9.39. The zero-order valence-electron chi connectivity index (χ0n) is 15.0. The van der Waals surface area contributed by atoms with E-state index in [1.165, 1.54) is 31.6 Å². The summed E-state index contributed by atoms with van der Waals surface area (Å²) >= 11 is 1.80. The van der Waals surface area contributed by atoms with Crippen LogP contribution in [0.1, 0.15) is 0 Å². The van der Waals surface area contributed by atoms with E-state index in [0.717, 1.165) is 11.0 Å². The van der Waals surface area contributed by atoms with Gasteiger partial charge in [0.1, 0.15) is 0 Å². The zero-order valence-corrected chi connectivity index (χ0v) is 15.8. The molecule has 0 aliphatic heterocycles. The molecule has 27 heavy (non-hydrogen) atoms. The molecule has 0 spiro atoms. The fraction of sp³-hybridized carbons (Fsp3) is 0. The Hall–Kier alpha value is -2.50. The molecule has 3 heteroatoms. The molecular formula is C24H15LiOS. The van der Waals surface area contributed by atoms with E-state index in [0.29, 0.717) is 0 Å². The second-order valence-corrected chi connectivity index (χ2v) is 7.21. The van der Waals surface area contributed by atoms with Crippen molar-refractivity contribution in [2.75, 3.05) is 0 Å². The number of hydrogen-bond donors (Lipinski definition) is 0. The van der Waals surface area contributed by atoms with Gasteiger partial charge in [0.2, 0.25) is 0 Å². The molecule has 2 heterocycles. The number of fused-ring (bicyclic) bond motifs is 4. The summed E-state index contributed by atoms with van der Waals surface area (Å²) in [4.78, 5) is 0. The molecular weight excluding hydrogens is 343 g/mol. The van der Waals surface area contributed by atoms with Gasteiger partial charge in [-0.3, -0.25) is 0 Å². The number of rotatable bonds is 0. The van der Waals surface area contributed by atoms with Gasteiger partial charge in [-0.05, 0) is 62.4 Å². The Kier molecular flexibility index (Phi) is 5.05. The maximum atomic E-state index is 5.20. The quantitative estimate of drug-likeness (QED) is 0.289. The largest absolute Gasteiger partial charge is 1.00 e. The Labute approximate surface area is 173 Å². The summed E-state index contributed by atoms with van der Waals surface area (Å²) in [5.41, 5.74) is 0.902. The minimum absolute atomic E-state index is 0. The molecule has 6 rings (SSSR count). The maximum Gasteiger partial charge on any atom is 1.00 e. The molecule has 4 aromatic carbocycles. The Morgan fingerprint density at radius 1 is 0.630 bits per heavy atom. The van der Waals surface area contributed by atoms with E-state index in [9.17, 15) is 0 Å². The van der Waals surface area contributed by atoms with E-state index in [4.69, 9.17) is 4.42 Å². The third-order valence-electron chi connectivity index (χ3n) is 4.58. The maximum absolute atomic E-state index is 5.20. The minimum Gasteiger partial charge on any atom is -0.591 e. The Morgan fingerprint density at radius 3 is 1.93 bits per heavy atom. The molecule has 1 nitrogen and oxygen atoms in total. The predicted octanol–water partition coefficient (Wildman–Crippen LogP) is 4.44. The van der Waals surface area contributed by atoms with Crippen molar-refractivity contribution in [1.82, 2.24) is 0 Å². The van der Waals surface area contributed by atoms with Gasteiger partial charge in [0.05, 0.1) is 0 Å². The summed E-state index contributed by atoms with van der Waals surface area (Å²) in [6.07, 6.45) is 2.74. The molecule has 2 aromatic heterocycles. The van der Waals surface area contributed by atoms with Gasteiger partial charge in [0, 0.05) is 4.70 Å². The number of benzene rings is 4. The van der Waals surface area contributed by atoms with Crippen LogP contribution < -0.4 is 18.9 Å². The van der Waals surface area contributed by atoms with Gasteiger partial charge in [-0.15, -0.1) is 28.9 Å². The second-order valence-electron chi connectivity index (χ2n) is 6.26. The Morgan fingerprint density at radius 2 is 1.22 bits per heavy atom. The first kappa shape index (κ1) is 17.9. The Balaban J connectivity index is 0.000000129. The molecule has 0 fully saturated rings. The second kappa shape index (κ2) is 7.62. The molecule has 0 saturated carbocycles. The Bertz CT molecular complexity index is 1140.